The van der Waals surface area contributed by atoms with E-state index in [4.69, 9.17) is 14.2 Å². The highest BCUT2D eigenvalue weighted by Crippen LogP contribution is 2.40. The third-order valence-electron chi connectivity index (χ3n) is 6.90. The molecule has 0 aliphatic carbocycles. The molecule has 1 N–H and O–H groups in total. The summed E-state index contributed by atoms with van der Waals surface area (Å²) < 4.78 is 16.3. The van der Waals surface area contributed by atoms with Gasteiger partial charge in [0.1, 0.15) is 0 Å². The van der Waals surface area contributed by atoms with Crippen LogP contribution in [0.1, 0.15) is 98.8 Å². The first-order valence-electron chi connectivity index (χ1n) is 13.3. The number of nitrogens with one attached hydrogen (secondary N) is 1. The zero-order valence-corrected chi connectivity index (χ0v) is 23.0. The Morgan fingerprint density at radius 3 is 1.42 bits per heavy atom. The van der Waals surface area contributed by atoms with Gasteiger partial charge in [0.05, 0.1) is 21.3 Å². The van der Waals surface area contributed by atoms with Crippen LogP contribution in [-0.4, -0.2) is 27.9 Å². The number of rotatable bonds is 19. The topological polar surface area (TPSA) is 39.7 Å². The Balaban J connectivity index is 2.20. The van der Waals surface area contributed by atoms with E-state index in [1.807, 2.05) is 12.1 Å². The highest BCUT2D eigenvalue weighted by atomic mass is 16.5. The van der Waals surface area contributed by atoms with Crippen LogP contribution in [0, 0.1) is 23.7 Å². The van der Waals surface area contributed by atoms with Crippen LogP contribution in [-0.2, 0) is 0 Å². The van der Waals surface area contributed by atoms with Crippen molar-refractivity contribution >= 4 is 5.69 Å². The van der Waals surface area contributed by atoms with E-state index in [1.54, 1.807) is 21.3 Å². The van der Waals surface area contributed by atoms with Gasteiger partial charge < -0.3 is 19.5 Å². The molecular formula is C29H53NO3. The lowest BCUT2D eigenvalue weighted by Gasteiger charge is -2.17. The van der Waals surface area contributed by atoms with Crippen molar-refractivity contribution in [2.75, 3.05) is 33.2 Å². The van der Waals surface area contributed by atoms with E-state index in [9.17, 15) is 0 Å². The predicted molar refractivity (Wildman–Crippen MR) is 143 cm³/mol. The first-order chi connectivity index (χ1) is 15.8. The van der Waals surface area contributed by atoms with Crippen molar-refractivity contribution in [3.8, 4) is 17.2 Å². The van der Waals surface area contributed by atoms with Gasteiger partial charge in [0.2, 0.25) is 5.75 Å². The summed E-state index contributed by atoms with van der Waals surface area (Å²) in [6.45, 7) is 12.9. The van der Waals surface area contributed by atoms with E-state index in [2.05, 4.69) is 39.9 Å². The molecule has 0 radical (unpaired) electrons. The highest BCUT2D eigenvalue weighted by Gasteiger charge is 2.13. The van der Waals surface area contributed by atoms with Gasteiger partial charge in [-0.15, -0.1) is 0 Å². The van der Waals surface area contributed by atoms with Crippen LogP contribution in [0.3, 0.4) is 0 Å². The van der Waals surface area contributed by atoms with Crippen molar-refractivity contribution in [3.05, 3.63) is 12.1 Å². The summed E-state index contributed by atoms with van der Waals surface area (Å²) in [7, 11) is 4.93. The molecule has 0 spiro atoms. The number of benzene rings is 1. The number of hydrogen-bond acceptors (Lipinski definition) is 4. The molecule has 0 saturated carbocycles. The number of methoxy groups -OCH3 is 3. The quantitative estimate of drug-likeness (QED) is 0.223. The smallest absolute Gasteiger partial charge is 0.203 e. The molecule has 192 valence electrons. The van der Waals surface area contributed by atoms with Crippen LogP contribution in [0.25, 0.3) is 0 Å². The number of anilines is 1. The number of hydrogen-bond donors (Lipinski definition) is 1. The Morgan fingerprint density at radius 1 is 0.606 bits per heavy atom. The normalized spacial score (nSPS) is 14.1. The molecule has 1 aromatic carbocycles. The molecule has 0 aromatic heterocycles. The fourth-order valence-electron chi connectivity index (χ4n) is 4.58. The molecule has 0 heterocycles. The van der Waals surface area contributed by atoms with Gasteiger partial charge in [-0.05, 0) is 30.1 Å². The van der Waals surface area contributed by atoms with Gasteiger partial charge in [-0.2, -0.15) is 0 Å². The minimum absolute atomic E-state index is 0.633. The molecule has 1 rings (SSSR count). The monoisotopic (exact) mass is 463 g/mol. The van der Waals surface area contributed by atoms with E-state index < -0.39 is 0 Å². The number of ether oxygens (including phenoxy) is 3. The largest absolute Gasteiger partial charge is 0.493 e. The molecule has 1 aromatic rings. The van der Waals surface area contributed by atoms with Crippen molar-refractivity contribution in [2.45, 2.75) is 98.8 Å². The van der Waals surface area contributed by atoms with E-state index in [-0.39, 0.29) is 0 Å². The average molecular weight is 464 g/mol. The Kier molecular flexibility index (Phi) is 15.1. The Bertz CT molecular complexity index is 606. The minimum Gasteiger partial charge on any atom is -0.493 e. The SMILES string of the molecule is COc1cc(NCCC(C)CCCC(C)CCCC(C)CCCC(C)C)cc(OC)c1OC. The summed E-state index contributed by atoms with van der Waals surface area (Å²) in [6, 6.07) is 3.94. The van der Waals surface area contributed by atoms with Crippen molar-refractivity contribution in [1.82, 2.24) is 0 Å². The lowest BCUT2D eigenvalue weighted by Crippen LogP contribution is -2.08. The highest BCUT2D eigenvalue weighted by molar-refractivity contribution is 5.62. The molecule has 3 atom stereocenters. The maximum atomic E-state index is 5.44. The molecule has 0 fully saturated rings. The molecule has 33 heavy (non-hydrogen) atoms. The van der Waals surface area contributed by atoms with E-state index in [0.29, 0.717) is 17.2 Å². The third kappa shape index (κ3) is 12.5. The van der Waals surface area contributed by atoms with Gasteiger partial charge >= 0.3 is 0 Å². The van der Waals surface area contributed by atoms with Gasteiger partial charge in [-0.3, -0.25) is 0 Å². The molecule has 0 aliphatic rings. The second-order valence-corrected chi connectivity index (χ2v) is 10.6. The van der Waals surface area contributed by atoms with Gasteiger partial charge in [-0.1, -0.05) is 92.4 Å². The van der Waals surface area contributed by atoms with E-state index >= 15 is 0 Å². The van der Waals surface area contributed by atoms with Crippen molar-refractivity contribution < 1.29 is 14.2 Å². The summed E-state index contributed by atoms with van der Waals surface area (Å²) in [4.78, 5) is 0. The van der Waals surface area contributed by atoms with Crippen LogP contribution in [0.5, 0.6) is 17.2 Å². The van der Waals surface area contributed by atoms with Crippen LogP contribution in [0.4, 0.5) is 5.69 Å². The van der Waals surface area contributed by atoms with E-state index in [0.717, 1.165) is 35.9 Å². The third-order valence-corrected chi connectivity index (χ3v) is 6.90. The predicted octanol–water partition coefficient (Wildman–Crippen LogP) is 8.59. The zero-order valence-electron chi connectivity index (χ0n) is 23.0. The van der Waals surface area contributed by atoms with Crippen molar-refractivity contribution in [1.29, 1.82) is 0 Å². The molecular weight excluding hydrogens is 410 g/mol. The molecule has 0 aliphatic heterocycles. The van der Waals surface area contributed by atoms with Gasteiger partial charge in [0.25, 0.3) is 0 Å². The van der Waals surface area contributed by atoms with Gasteiger partial charge in [0.15, 0.2) is 11.5 Å². The van der Waals surface area contributed by atoms with Crippen LogP contribution >= 0.6 is 0 Å². The molecule has 0 amide bonds. The van der Waals surface area contributed by atoms with E-state index in [1.165, 1.54) is 64.2 Å². The molecule has 4 heteroatoms. The standard InChI is InChI=1S/C29H53NO3/c1-22(2)12-9-13-23(3)14-10-15-24(4)16-11-17-25(5)18-19-30-26-20-27(31-6)29(33-8)28(21-26)32-7/h20-25,30H,9-19H2,1-8H3. The van der Waals surface area contributed by atoms with Gasteiger partial charge in [-0.25, -0.2) is 0 Å². The summed E-state index contributed by atoms with van der Waals surface area (Å²) in [5.74, 6) is 5.34. The average Bonchev–Trinajstić information content (AvgIpc) is 2.78. The summed E-state index contributed by atoms with van der Waals surface area (Å²) >= 11 is 0. The molecule has 0 bridgehead atoms. The summed E-state index contributed by atoms with van der Waals surface area (Å²) in [5, 5.41) is 3.52. The molecule has 0 saturated heterocycles. The first-order valence-corrected chi connectivity index (χ1v) is 13.3. The zero-order chi connectivity index (χ0) is 24.6. The maximum Gasteiger partial charge on any atom is 0.203 e. The van der Waals surface area contributed by atoms with Gasteiger partial charge in [0, 0.05) is 24.4 Å². The Hall–Kier alpha value is -1.58. The molecule has 3 unspecified atom stereocenters. The fourth-order valence-corrected chi connectivity index (χ4v) is 4.58. The maximum absolute atomic E-state index is 5.44. The fraction of sp³-hybridized carbons (Fsp3) is 0.793. The minimum atomic E-state index is 0.633. The second kappa shape index (κ2) is 16.9. The van der Waals surface area contributed by atoms with Crippen LogP contribution < -0.4 is 19.5 Å². The van der Waals surface area contributed by atoms with Crippen LogP contribution in [0.2, 0.25) is 0 Å². The lowest BCUT2D eigenvalue weighted by atomic mass is 9.91. The van der Waals surface area contributed by atoms with Crippen molar-refractivity contribution in [2.24, 2.45) is 23.7 Å². The summed E-state index contributed by atoms with van der Waals surface area (Å²) in [5.41, 5.74) is 1.00. The lowest BCUT2D eigenvalue weighted by molar-refractivity contribution is 0.324. The molecule has 4 nitrogen and oxygen atoms in total. The van der Waals surface area contributed by atoms with Crippen molar-refractivity contribution in [3.63, 3.8) is 0 Å². The summed E-state index contributed by atoms with van der Waals surface area (Å²) in [6.07, 6.45) is 13.6. The Labute approximate surface area is 205 Å². The van der Waals surface area contributed by atoms with Crippen LogP contribution in [0.15, 0.2) is 12.1 Å². The second-order valence-electron chi connectivity index (χ2n) is 10.6. The first kappa shape index (κ1) is 29.5. The Morgan fingerprint density at radius 2 is 1.03 bits per heavy atom.